The van der Waals surface area contributed by atoms with E-state index in [1.807, 2.05) is 18.4 Å². The van der Waals surface area contributed by atoms with Gasteiger partial charge in [0.15, 0.2) is 5.13 Å². The number of carbonyl (C=O) groups excluding carboxylic acids is 1. The van der Waals surface area contributed by atoms with Crippen LogP contribution in [0.1, 0.15) is 41.3 Å². The van der Waals surface area contributed by atoms with Crippen molar-refractivity contribution in [1.82, 2.24) is 15.0 Å². The number of carbonyl (C=O) groups is 1. The van der Waals surface area contributed by atoms with E-state index in [2.05, 4.69) is 34.1 Å². The van der Waals surface area contributed by atoms with Crippen molar-refractivity contribution in [1.29, 1.82) is 0 Å². The molecule has 0 aliphatic heterocycles. The Balaban J connectivity index is 1.94. The maximum Gasteiger partial charge on any atom is 0.257 e. The number of nitrogens with zero attached hydrogens (tertiary/aromatic N) is 3. The van der Waals surface area contributed by atoms with Gasteiger partial charge in [-0.2, -0.15) is 0 Å². The van der Waals surface area contributed by atoms with Gasteiger partial charge in [-0.3, -0.25) is 10.1 Å². The zero-order chi connectivity index (χ0) is 16.4. The standard InChI is InChI=1S/C17H18N4OS/c1-4-12-13(5-2)20-15-8-11(6-7-14(15)19-12)16(22)21-17-18-10(3)9-23-17/h6-9H,4-5H2,1-3H3,(H,18,21,22). The number of hydrogen-bond acceptors (Lipinski definition) is 5. The highest BCUT2D eigenvalue weighted by molar-refractivity contribution is 7.13. The molecule has 5 nitrogen and oxygen atoms in total. The highest BCUT2D eigenvalue weighted by atomic mass is 32.1. The monoisotopic (exact) mass is 326 g/mol. The maximum absolute atomic E-state index is 12.4. The number of amides is 1. The van der Waals surface area contributed by atoms with E-state index in [0.29, 0.717) is 10.7 Å². The van der Waals surface area contributed by atoms with Crippen LogP contribution in [0.3, 0.4) is 0 Å². The Bertz CT molecular complexity index is 872. The molecule has 0 saturated carbocycles. The largest absolute Gasteiger partial charge is 0.298 e. The van der Waals surface area contributed by atoms with Crippen molar-refractivity contribution in [2.75, 3.05) is 5.32 Å². The second kappa shape index (κ2) is 6.42. The van der Waals surface area contributed by atoms with Gasteiger partial charge in [-0.05, 0) is 38.0 Å². The van der Waals surface area contributed by atoms with Gasteiger partial charge < -0.3 is 0 Å². The van der Waals surface area contributed by atoms with Crippen molar-refractivity contribution < 1.29 is 4.79 Å². The first-order valence-electron chi connectivity index (χ1n) is 7.63. The SMILES string of the molecule is CCc1nc2ccc(C(=O)Nc3nc(C)cs3)cc2nc1CC. The van der Waals surface area contributed by atoms with Gasteiger partial charge in [0.25, 0.3) is 5.91 Å². The van der Waals surface area contributed by atoms with Gasteiger partial charge in [-0.25, -0.2) is 15.0 Å². The van der Waals surface area contributed by atoms with Crippen molar-refractivity contribution in [2.24, 2.45) is 0 Å². The van der Waals surface area contributed by atoms with Crippen LogP contribution in [0.15, 0.2) is 23.6 Å². The Morgan fingerprint density at radius 1 is 1.09 bits per heavy atom. The lowest BCUT2D eigenvalue weighted by atomic mass is 10.1. The summed E-state index contributed by atoms with van der Waals surface area (Å²) in [5.41, 5.74) is 5.05. The maximum atomic E-state index is 12.4. The second-order valence-corrected chi connectivity index (χ2v) is 6.13. The first-order valence-corrected chi connectivity index (χ1v) is 8.51. The molecule has 2 aromatic heterocycles. The predicted molar refractivity (Wildman–Crippen MR) is 93.1 cm³/mol. The molecule has 0 aliphatic carbocycles. The average molecular weight is 326 g/mol. The number of nitrogens with one attached hydrogen (secondary N) is 1. The summed E-state index contributed by atoms with van der Waals surface area (Å²) < 4.78 is 0. The van der Waals surface area contributed by atoms with E-state index < -0.39 is 0 Å². The normalized spacial score (nSPS) is 10.9. The van der Waals surface area contributed by atoms with Crippen LogP contribution >= 0.6 is 11.3 Å². The molecule has 6 heteroatoms. The van der Waals surface area contributed by atoms with E-state index in [-0.39, 0.29) is 5.91 Å². The highest BCUT2D eigenvalue weighted by Crippen LogP contribution is 2.19. The predicted octanol–water partition coefficient (Wildman–Crippen LogP) is 3.77. The van der Waals surface area contributed by atoms with Crippen LogP contribution in [0.4, 0.5) is 5.13 Å². The number of aromatic nitrogens is 3. The smallest absolute Gasteiger partial charge is 0.257 e. The third-order valence-corrected chi connectivity index (χ3v) is 4.47. The summed E-state index contributed by atoms with van der Waals surface area (Å²) in [7, 11) is 0. The summed E-state index contributed by atoms with van der Waals surface area (Å²) in [5.74, 6) is -0.180. The van der Waals surface area contributed by atoms with E-state index >= 15 is 0 Å². The van der Waals surface area contributed by atoms with Gasteiger partial charge in [-0.15, -0.1) is 11.3 Å². The molecule has 1 amide bonds. The van der Waals surface area contributed by atoms with Crippen molar-refractivity contribution >= 4 is 33.4 Å². The van der Waals surface area contributed by atoms with Crippen LogP contribution < -0.4 is 5.32 Å². The van der Waals surface area contributed by atoms with Crippen molar-refractivity contribution in [3.63, 3.8) is 0 Å². The summed E-state index contributed by atoms with van der Waals surface area (Å²) >= 11 is 1.42. The lowest BCUT2D eigenvalue weighted by molar-refractivity contribution is 0.102. The van der Waals surface area contributed by atoms with Gasteiger partial charge in [0.2, 0.25) is 0 Å². The molecule has 2 heterocycles. The molecule has 23 heavy (non-hydrogen) atoms. The fourth-order valence-electron chi connectivity index (χ4n) is 2.42. The van der Waals surface area contributed by atoms with Gasteiger partial charge in [-0.1, -0.05) is 13.8 Å². The summed E-state index contributed by atoms with van der Waals surface area (Å²) in [6.07, 6.45) is 1.69. The number of anilines is 1. The van der Waals surface area contributed by atoms with Crippen LogP contribution in [0, 0.1) is 6.92 Å². The summed E-state index contributed by atoms with van der Waals surface area (Å²) in [5, 5.41) is 5.33. The number of aryl methyl sites for hydroxylation is 3. The third-order valence-electron chi connectivity index (χ3n) is 3.59. The molecular weight excluding hydrogens is 308 g/mol. The number of fused-ring (bicyclic) bond motifs is 1. The fraction of sp³-hybridized carbons (Fsp3) is 0.294. The number of benzene rings is 1. The molecule has 1 N–H and O–H groups in total. The summed E-state index contributed by atoms with van der Waals surface area (Å²) in [6.45, 7) is 6.04. The molecule has 0 saturated heterocycles. The zero-order valence-corrected chi connectivity index (χ0v) is 14.2. The van der Waals surface area contributed by atoms with Gasteiger partial charge in [0.05, 0.1) is 28.1 Å². The third kappa shape index (κ3) is 3.22. The molecule has 0 aliphatic rings. The Morgan fingerprint density at radius 3 is 2.39 bits per heavy atom. The second-order valence-electron chi connectivity index (χ2n) is 5.28. The van der Waals surface area contributed by atoms with E-state index in [4.69, 9.17) is 0 Å². The molecule has 0 bridgehead atoms. The van der Waals surface area contributed by atoms with E-state index in [9.17, 15) is 4.79 Å². The van der Waals surface area contributed by atoms with Gasteiger partial charge in [0.1, 0.15) is 0 Å². The highest BCUT2D eigenvalue weighted by Gasteiger charge is 2.11. The molecule has 0 spiro atoms. The number of hydrogen-bond donors (Lipinski definition) is 1. The minimum Gasteiger partial charge on any atom is -0.298 e. The summed E-state index contributed by atoms with van der Waals surface area (Å²) in [4.78, 5) is 25.9. The summed E-state index contributed by atoms with van der Waals surface area (Å²) in [6, 6.07) is 5.41. The lowest BCUT2D eigenvalue weighted by Crippen LogP contribution is -2.12. The van der Waals surface area contributed by atoms with Crippen LogP contribution in [0.2, 0.25) is 0 Å². The van der Waals surface area contributed by atoms with E-state index in [0.717, 1.165) is 41.0 Å². The van der Waals surface area contributed by atoms with Gasteiger partial charge in [0, 0.05) is 10.9 Å². The number of rotatable bonds is 4. The van der Waals surface area contributed by atoms with E-state index in [1.54, 1.807) is 12.1 Å². The molecule has 0 radical (unpaired) electrons. The zero-order valence-electron chi connectivity index (χ0n) is 13.4. The Morgan fingerprint density at radius 2 is 1.78 bits per heavy atom. The number of thiazole rings is 1. The van der Waals surface area contributed by atoms with Crippen molar-refractivity contribution in [3.8, 4) is 0 Å². The topological polar surface area (TPSA) is 67.8 Å². The Hall–Kier alpha value is -2.34. The molecule has 0 fully saturated rings. The molecule has 0 unspecified atom stereocenters. The molecule has 0 atom stereocenters. The van der Waals surface area contributed by atoms with Crippen LogP contribution in [-0.4, -0.2) is 20.9 Å². The first kappa shape index (κ1) is 15.6. The minimum atomic E-state index is -0.180. The molecule has 3 rings (SSSR count). The Labute approximate surface area is 138 Å². The van der Waals surface area contributed by atoms with Crippen LogP contribution in [0.25, 0.3) is 11.0 Å². The van der Waals surface area contributed by atoms with Crippen LogP contribution in [0.5, 0.6) is 0 Å². The molecule has 118 valence electrons. The lowest BCUT2D eigenvalue weighted by Gasteiger charge is -2.08. The Kier molecular flexibility index (Phi) is 4.34. The molecule has 3 aromatic rings. The van der Waals surface area contributed by atoms with Crippen molar-refractivity contribution in [2.45, 2.75) is 33.6 Å². The molecular formula is C17H18N4OS. The van der Waals surface area contributed by atoms with Crippen molar-refractivity contribution in [3.05, 3.63) is 46.2 Å². The minimum absolute atomic E-state index is 0.180. The first-order chi connectivity index (χ1) is 11.1. The van der Waals surface area contributed by atoms with E-state index in [1.165, 1.54) is 11.3 Å². The average Bonchev–Trinajstić information content (AvgIpc) is 2.97. The van der Waals surface area contributed by atoms with Crippen LogP contribution in [-0.2, 0) is 12.8 Å². The quantitative estimate of drug-likeness (QED) is 0.792. The fourth-order valence-corrected chi connectivity index (χ4v) is 3.10. The van der Waals surface area contributed by atoms with Gasteiger partial charge >= 0.3 is 0 Å². The molecule has 1 aromatic carbocycles.